The number of likely N-dealkylation sites (N-methyl/N-ethyl adjacent to an activating group) is 2. The van der Waals surface area contributed by atoms with E-state index in [1.165, 1.54) is 16.8 Å². The van der Waals surface area contributed by atoms with Crippen molar-refractivity contribution < 1.29 is 57.6 Å². The van der Waals surface area contributed by atoms with Crippen molar-refractivity contribution in [2.45, 2.75) is 155 Å². The fourth-order valence-corrected chi connectivity index (χ4v) is 10.4. The van der Waals surface area contributed by atoms with Crippen molar-refractivity contribution in [2.24, 2.45) is 29.6 Å². The third-order valence-electron chi connectivity index (χ3n) is 14.7. The summed E-state index contributed by atoms with van der Waals surface area (Å²) >= 11 is 0. The number of likely N-dealkylation sites (tertiary alicyclic amines) is 6. The van der Waals surface area contributed by atoms with Gasteiger partial charge in [-0.2, -0.15) is 0 Å². The summed E-state index contributed by atoms with van der Waals surface area (Å²) in [5, 5.41) is 14.6. The number of pyridine rings is 2. The van der Waals surface area contributed by atoms with Crippen molar-refractivity contribution in [1.82, 2.24) is 54.9 Å². The van der Waals surface area contributed by atoms with E-state index in [0.29, 0.717) is 114 Å². The van der Waals surface area contributed by atoms with Crippen molar-refractivity contribution >= 4 is 41.5 Å². The number of nitrogens with zero attached hydrogens (tertiary/aromatic N) is 9. The molecule has 2 aromatic rings. The molecule has 0 radical (unpaired) electrons. The van der Waals surface area contributed by atoms with Gasteiger partial charge in [-0.1, -0.05) is 81.4 Å². The van der Waals surface area contributed by atoms with E-state index >= 15 is 0 Å². The number of rotatable bonds is 15. The molecule has 11 rings (SSSR count). The first-order valence-electron chi connectivity index (χ1n) is 34.9. The predicted octanol–water partition coefficient (Wildman–Crippen LogP) is 7.80. The van der Waals surface area contributed by atoms with Gasteiger partial charge in [0.05, 0.1) is 83.1 Å². The van der Waals surface area contributed by atoms with Gasteiger partial charge < -0.3 is 59.2 Å². The molecular weight excluding hydrogens is 1200 g/mol. The van der Waals surface area contributed by atoms with Crippen LogP contribution < -0.4 is 10.6 Å². The summed E-state index contributed by atoms with van der Waals surface area (Å²) in [6, 6.07) is 8.09. The molecule has 23 nitrogen and oxygen atoms in total. The number of carbonyl (C=O) groups excluding carboxylic acids is 6. The molecular formula is C71H129N11O12. The van der Waals surface area contributed by atoms with Crippen molar-refractivity contribution in [2.75, 3.05) is 160 Å². The molecule has 2 aromatic heterocycles. The minimum atomic E-state index is -0.673. The van der Waals surface area contributed by atoms with Crippen LogP contribution in [0.5, 0.6) is 0 Å². The number of fused-ring (bicyclic) bond motifs is 2. The molecule has 9 aliphatic heterocycles. The molecule has 0 atom stereocenters. The summed E-state index contributed by atoms with van der Waals surface area (Å²) in [4.78, 5) is 99.0. The standard InChI is InChI=1S/C13H17N3O.2C8H15NO2.C8H13NO2.C7H8N2.C7H13NO2.C6H11NO2.C4H7NO.5C2H6/c1-15-6-10(7-15)5-13(17)16-8-11-3-2-4-14-12(11)9-16;3*1-3-11-8(10)4-7-5-9(2)6-7;1-2-6-4-8-5-7(6)9-3-1;1-2-10-7(9)3-6-4-8-5-6;1-7-3-5(4-7)2-6(8)9;1-5-2-4(6)3-5;5*1-2/h2-4,10H,5-9H2,1H3;2*7H,3-6H2,1-2H3;4H,3,5-6H2,1-2H3;1-3,8H,4-5H2;6,8H,2-5H2,1H3;5H,2-4H2,1H3,(H,8,9);2-3H2,1H3;5*1-2H3. The first kappa shape index (κ1) is 90.3. The summed E-state index contributed by atoms with van der Waals surface area (Å²) in [6.07, 6.45) is 8.03. The molecule has 0 unspecified atom stereocenters. The Kier molecular flexibility index (Phi) is 53.2. The van der Waals surface area contributed by atoms with Crippen molar-refractivity contribution in [1.29, 1.82) is 0 Å². The Balaban J connectivity index is 0. The highest BCUT2D eigenvalue weighted by atomic mass is 16.5. The second kappa shape index (κ2) is 55.4. The number of carboxylic acid groups (broad SMARTS) is 1. The lowest BCUT2D eigenvalue weighted by atomic mass is 9.96. The lowest BCUT2D eigenvalue weighted by Crippen LogP contribution is -2.45. The molecule has 9 aliphatic rings. The molecule has 0 aliphatic carbocycles. The maximum absolute atomic E-state index is 12.1. The van der Waals surface area contributed by atoms with Crippen LogP contribution in [0.3, 0.4) is 0 Å². The predicted molar refractivity (Wildman–Crippen MR) is 376 cm³/mol. The van der Waals surface area contributed by atoms with Gasteiger partial charge in [0.25, 0.3) is 0 Å². The Morgan fingerprint density at radius 3 is 1.18 bits per heavy atom. The first-order chi connectivity index (χ1) is 45.1. The largest absolute Gasteiger partial charge is 0.481 e. The van der Waals surface area contributed by atoms with Crippen LogP contribution in [0.1, 0.15) is 152 Å². The lowest BCUT2D eigenvalue weighted by molar-refractivity contribution is -0.146. The summed E-state index contributed by atoms with van der Waals surface area (Å²) in [7, 11) is 12.2. The number of esters is 4. The highest BCUT2D eigenvalue weighted by molar-refractivity contribution is 5.87. The van der Waals surface area contributed by atoms with Gasteiger partial charge in [-0.25, -0.2) is 4.79 Å². The van der Waals surface area contributed by atoms with Gasteiger partial charge in [-0.05, 0) is 141 Å². The Morgan fingerprint density at radius 1 is 0.468 bits per heavy atom. The van der Waals surface area contributed by atoms with Crippen LogP contribution >= 0.6 is 0 Å². The average Bonchev–Trinajstić information content (AvgIpc) is 1.69. The van der Waals surface area contributed by atoms with Gasteiger partial charge in [-0.3, -0.25) is 48.5 Å². The van der Waals surface area contributed by atoms with E-state index in [9.17, 15) is 33.6 Å². The number of hydrogen-bond acceptors (Lipinski definition) is 21. The number of ether oxygens (including phenoxy) is 4. The smallest absolute Gasteiger partial charge is 0.330 e. The third-order valence-corrected chi connectivity index (χ3v) is 14.7. The molecule has 1 amide bonds. The molecule has 23 heteroatoms. The van der Waals surface area contributed by atoms with E-state index in [4.69, 9.17) is 24.1 Å². The number of ketones is 1. The number of amides is 1. The number of carbonyl (C=O) groups is 7. The van der Waals surface area contributed by atoms with Crippen LogP contribution in [0.15, 0.2) is 48.3 Å². The normalized spacial score (nSPS) is 17.6. The van der Waals surface area contributed by atoms with Crippen LogP contribution in [0, 0.1) is 29.6 Å². The molecule has 11 heterocycles. The summed E-state index contributed by atoms with van der Waals surface area (Å²) in [5.74, 6) is 2.17. The van der Waals surface area contributed by atoms with Crippen LogP contribution in [-0.2, 0) is 78.7 Å². The van der Waals surface area contributed by atoms with E-state index < -0.39 is 5.97 Å². The molecule has 7 saturated heterocycles. The molecule has 0 spiro atoms. The Bertz CT molecular complexity index is 2290. The Hall–Kier alpha value is -5.79. The fourth-order valence-electron chi connectivity index (χ4n) is 10.4. The number of nitrogens with one attached hydrogen (secondary N) is 2. The molecule has 0 aromatic carbocycles. The van der Waals surface area contributed by atoms with Gasteiger partial charge in [-0.15, -0.1) is 0 Å². The highest BCUT2D eigenvalue weighted by Crippen LogP contribution is 2.25. The van der Waals surface area contributed by atoms with Crippen LogP contribution in [0.2, 0.25) is 0 Å². The fraction of sp³-hybridized carbons (Fsp3) is 0.732. The van der Waals surface area contributed by atoms with Gasteiger partial charge in [0.1, 0.15) is 0 Å². The molecule has 3 N–H and O–H groups in total. The van der Waals surface area contributed by atoms with Crippen LogP contribution in [0.25, 0.3) is 0 Å². The van der Waals surface area contributed by atoms with E-state index in [1.807, 2.05) is 146 Å². The van der Waals surface area contributed by atoms with E-state index in [-0.39, 0.29) is 29.8 Å². The molecule has 94 heavy (non-hydrogen) atoms. The maximum atomic E-state index is 12.1. The summed E-state index contributed by atoms with van der Waals surface area (Å²) in [5.41, 5.74) is 5.97. The second-order valence-corrected chi connectivity index (χ2v) is 23.2. The van der Waals surface area contributed by atoms with Gasteiger partial charge in [0, 0.05) is 110 Å². The summed E-state index contributed by atoms with van der Waals surface area (Å²) < 4.78 is 19.2. The number of carboxylic acids is 1. The minimum Gasteiger partial charge on any atom is -0.481 e. The minimum absolute atomic E-state index is 0.0504. The zero-order valence-electron chi connectivity index (χ0n) is 62.0. The quantitative estimate of drug-likeness (QED) is 0.0874. The van der Waals surface area contributed by atoms with Crippen LogP contribution in [0.4, 0.5) is 0 Å². The first-order valence-corrected chi connectivity index (χ1v) is 34.9. The van der Waals surface area contributed by atoms with Crippen molar-refractivity contribution in [3.63, 3.8) is 0 Å². The van der Waals surface area contributed by atoms with E-state index in [0.717, 1.165) is 109 Å². The number of Topliss-reactive ketones (excluding diaryl/α,β-unsaturated/α-hetero) is 1. The van der Waals surface area contributed by atoms with E-state index in [2.05, 4.69) is 78.4 Å². The van der Waals surface area contributed by atoms with Crippen molar-refractivity contribution in [3.05, 3.63) is 70.8 Å². The zero-order valence-corrected chi connectivity index (χ0v) is 62.0. The Morgan fingerprint density at radius 2 is 0.851 bits per heavy atom. The van der Waals surface area contributed by atoms with Crippen LogP contribution in [-0.4, -0.2) is 251 Å². The lowest BCUT2D eigenvalue weighted by Gasteiger charge is -2.36. The van der Waals surface area contributed by atoms with E-state index in [1.54, 1.807) is 12.3 Å². The zero-order chi connectivity index (χ0) is 71.6. The van der Waals surface area contributed by atoms with Gasteiger partial charge >= 0.3 is 29.8 Å². The SMILES string of the molecule is CC.CC.CC.CC.CC.CCOC(=O)C=C1CN(C)C1.CCOC(=O)CC1CN(C)C1.CCOC(=O)CC1CN(C)C1.CCOC(=O)CC1CNC1.CN1CC(=O)C1.CN1CC(CC(=O)N2Cc3cccnc3C2)C1.CN1CC(CC(=O)O)C1.c1cnc2c(c1)CNC2. The highest BCUT2D eigenvalue weighted by Gasteiger charge is 2.31. The number of hydrogen-bond donors (Lipinski definition) is 3. The molecule has 0 bridgehead atoms. The number of aromatic nitrogens is 2. The van der Waals surface area contributed by atoms with Gasteiger partial charge in [0.15, 0.2) is 5.78 Å². The van der Waals surface area contributed by atoms with Crippen molar-refractivity contribution in [3.8, 4) is 0 Å². The Labute approximate surface area is 567 Å². The number of aliphatic carboxylic acids is 1. The maximum Gasteiger partial charge on any atom is 0.330 e. The molecule has 7 fully saturated rings. The third kappa shape index (κ3) is 40.6. The average molecular weight is 1330 g/mol. The molecule has 540 valence electrons. The van der Waals surface area contributed by atoms with Gasteiger partial charge in [0.2, 0.25) is 5.91 Å². The molecule has 0 saturated carbocycles. The topological polar surface area (TPSA) is 249 Å². The summed E-state index contributed by atoms with van der Waals surface area (Å²) in [6.45, 7) is 45.9. The second-order valence-electron chi connectivity index (χ2n) is 23.2. The monoisotopic (exact) mass is 1330 g/mol.